The number of amides is 3. The normalized spacial score (nSPS) is 12.8. The molecule has 0 atom stereocenters. The number of nitrogens with zero attached hydrogens (tertiary/aromatic N) is 1. The van der Waals surface area contributed by atoms with E-state index in [1.54, 1.807) is 26.0 Å². The van der Waals surface area contributed by atoms with E-state index in [4.69, 9.17) is 10.5 Å². The Hall–Kier alpha value is -3.02. The highest BCUT2D eigenvalue weighted by molar-refractivity contribution is 6.00. The van der Waals surface area contributed by atoms with E-state index >= 15 is 0 Å². The van der Waals surface area contributed by atoms with Crippen molar-refractivity contribution < 1.29 is 14.3 Å². The topological polar surface area (TPSA) is 84.7 Å². The first-order valence-electron chi connectivity index (χ1n) is 8.23. The summed E-state index contributed by atoms with van der Waals surface area (Å²) in [6.07, 6.45) is 0.830. The minimum absolute atomic E-state index is 0.194. The van der Waals surface area contributed by atoms with E-state index in [9.17, 15) is 9.59 Å². The highest BCUT2D eigenvalue weighted by Gasteiger charge is 2.24. The van der Waals surface area contributed by atoms with Gasteiger partial charge in [-0.05, 0) is 62.1 Å². The summed E-state index contributed by atoms with van der Waals surface area (Å²) < 4.78 is 5.10. The molecule has 1 heterocycles. The maximum atomic E-state index is 12.1. The molecule has 6 nitrogen and oxygen atoms in total. The number of carbonyl (C=O) groups excluding carboxylic acids is 2. The van der Waals surface area contributed by atoms with Crippen LogP contribution >= 0.6 is 0 Å². The van der Waals surface area contributed by atoms with Gasteiger partial charge in [-0.25, -0.2) is 9.59 Å². The number of para-hydroxylation sites is 1. The van der Waals surface area contributed by atoms with Crippen LogP contribution < -0.4 is 16.0 Å². The number of urea groups is 1. The summed E-state index contributed by atoms with van der Waals surface area (Å²) in [5, 5.41) is 2.71. The van der Waals surface area contributed by atoms with Crippen LogP contribution in [0.15, 0.2) is 42.5 Å². The summed E-state index contributed by atoms with van der Waals surface area (Å²) in [5.74, 6) is 0. The Labute approximate surface area is 146 Å². The summed E-state index contributed by atoms with van der Waals surface area (Å²) in [4.78, 5) is 25.4. The first kappa shape index (κ1) is 16.8. The van der Waals surface area contributed by atoms with Gasteiger partial charge < -0.3 is 10.5 Å². The molecular formula is C19H21N3O3. The summed E-state index contributed by atoms with van der Waals surface area (Å²) in [7, 11) is 0. The van der Waals surface area contributed by atoms with Crippen molar-refractivity contribution in [1.29, 1.82) is 0 Å². The average Bonchev–Trinajstić information content (AvgIpc) is 2.70. The summed E-state index contributed by atoms with van der Waals surface area (Å²) >= 11 is 0. The smallest absolute Gasteiger partial charge is 0.411 e. The van der Waals surface area contributed by atoms with Crippen LogP contribution in [0.3, 0.4) is 0 Å². The van der Waals surface area contributed by atoms with E-state index < -0.39 is 12.1 Å². The summed E-state index contributed by atoms with van der Waals surface area (Å²) in [6.45, 7) is 3.58. The van der Waals surface area contributed by atoms with Gasteiger partial charge in [0.15, 0.2) is 0 Å². The monoisotopic (exact) mass is 339 g/mol. The van der Waals surface area contributed by atoms with E-state index in [-0.39, 0.29) is 6.10 Å². The maximum absolute atomic E-state index is 12.1. The van der Waals surface area contributed by atoms with Gasteiger partial charge in [0, 0.05) is 5.69 Å². The number of anilines is 3. The SMILES string of the molecule is CC(C)OC(=O)Nc1ccc2c(c1)CCc1ccccc1N2C(N)=O. The van der Waals surface area contributed by atoms with Crippen molar-refractivity contribution in [2.24, 2.45) is 5.73 Å². The second kappa shape index (κ2) is 6.84. The first-order valence-corrected chi connectivity index (χ1v) is 8.23. The molecule has 0 spiro atoms. The molecule has 0 saturated heterocycles. The Bertz CT molecular complexity index is 817. The highest BCUT2D eigenvalue weighted by atomic mass is 16.6. The molecule has 0 saturated carbocycles. The van der Waals surface area contributed by atoms with Crippen molar-refractivity contribution in [2.45, 2.75) is 32.8 Å². The third-order valence-electron chi connectivity index (χ3n) is 4.03. The number of carbonyl (C=O) groups is 2. The second-order valence-electron chi connectivity index (χ2n) is 6.22. The molecule has 1 aliphatic heterocycles. The average molecular weight is 339 g/mol. The molecule has 130 valence electrons. The van der Waals surface area contributed by atoms with Crippen molar-refractivity contribution in [3.05, 3.63) is 53.6 Å². The van der Waals surface area contributed by atoms with Gasteiger partial charge in [-0.1, -0.05) is 18.2 Å². The van der Waals surface area contributed by atoms with E-state index in [1.165, 1.54) is 4.90 Å². The van der Waals surface area contributed by atoms with Gasteiger partial charge in [0.1, 0.15) is 0 Å². The number of hydrogen-bond donors (Lipinski definition) is 2. The van der Waals surface area contributed by atoms with Crippen LogP contribution in [0.1, 0.15) is 25.0 Å². The molecule has 0 aromatic heterocycles. The van der Waals surface area contributed by atoms with Gasteiger partial charge in [-0.15, -0.1) is 0 Å². The lowest BCUT2D eigenvalue weighted by molar-refractivity contribution is 0.130. The molecule has 0 aliphatic carbocycles. The molecule has 0 bridgehead atoms. The molecule has 0 unspecified atom stereocenters. The molecule has 25 heavy (non-hydrogen) atoms. The number of nitrogens with one attached hydrogen (secondary N) is 1. The van der Waals surface area contributed by atoms with Crippen LogP contribution in [-0.4, -0.2) is 18.2 Å². The number of aryl methyl sites for hydroxylation is 2. The van der Waals surface area contributed by atoms with Crippen molar-refractivity contribution >= 4 is 29.2 Å². The minimum atomic E-state index is -0.532. The third kappa shape index (κ3) is 3.57. The summed E-state index contributed by atoms with van der Waals surface area (Å²) in [6, 6.07) is 12.6. The number of hydrogen-bond acceptors (Lipinski definition) is 3. The zero-order valence-electron chi connectivity index (χ0n) is 14.3. The largest absolute Gasteiger partial charge is 0.447 e. The fourth-order valence-corrected chi connectivity index (χ4v) is 3.02. The maximum Gasteiger partial charge on any atom is 0.411 e. The molecule has 2 aromatic carbocycles. The number of benzene rings is 2. The molecule has 3 N–H and O–H groups in total. The van der Waals surface area contributed by atoms with Crippen molar-refractivity contribution in [2.75, 3.05) is 10.2 Å². The lowest BCUT2D eigenvalue weighted by Crippen LogP contribution is -2.32. The number of fused-ring (bicyclic) bond motifs is 2. The lowest BCUT2D eigenvalue weighted by Gasteiger charge is -2.23. The molecule has 3 amide bonds. The van der Waals surface area contributed by atoms with Crippen LogP contribution in [0, 0.1) is 0 Å². The third-order valence-corrected chi connectivity index (χ3v) is 4.03. The molecular weight excluding hydrogens is 318 g/mol. The fraction of sp³-hybridized carbons (Fsp3) is 0.263. The summed E-state index contributed by atoms with van der Waals surface area (Å²) in [5.41, 5.74) is 9.80. The van der Waals surface area contributed by atoms with Gasteiger partial charge >= 0.3 is 12.1 Å². The Morgan fingerprint density at radius 3 is 2.48 bits per heavy atom. The zero-order valence-corrected chi connectivity index (χ0v) is 14.3. The number of rotatable bonds is 2. The predicted molar refractivity (Wildman–Crippen MR) is 97.3 cm³/mol. The molecule has 0 fully saturated rings. The van der Waals surface area contributed by atoms with Crippen LogP contribution in [0.2, 0.25) is 0 Å². The molecule has 0 radical (unpaired) electrons. The second-order valence-corrected chi connectivity index (χ2v) is 6.22. The van der Waals surface area contributed by atoms with Crippen LogP contribution in [0.5, 0.6) is 0 Å². The Balaban J connectivity index is 1.95. The quantitative estimate of drug-likeness (QED) is 0.868. The van der Waals surface area contributed by atoms with Gasteiger partial charge in [0.2, 0.25) is 0 Å². The molecule has 2 aromatic rings. The molecule has 6 heteroatoms. The number of nitrogens with two attached hydrogens (primary N) is 1. The van der Waals surface area contributed by atoms with Crippen molar-refractivity contribution in [1.82, 2.24) is 0 Å². The standard InChI is InChI=1S/C19H21N3O3/c1-12(2)25-19(24)21-15-9-10-17-14(11-15)8-7-13-5-3-4-6-16(13)22(17)18(20)23/h3-6,9-12H,7-8H2,1-2H3,(H2,20,23)(H,21,24). The van der Waals surface area contributed by atoms with E-state index in [0.29, 0.717) is 5.69 Å². The van der Waals surface area contributed by atoms with Gasteiger partial charge in [-0.3, -0.25) is 10.2 Å². The van der Waals surface area contributed by atoms with Crippen molar-refractivity contribution in [3.8, 4) is 0 Å². The van der Waals surface area contributed by atoms with Crippen LogP contribution in [-0.2, 0) is 17.6 Å². The van der Waals surface area contributed by atoms with E-state index in [2.05, 4.69) is 5.32 Å². The predicted octanol–water partition coefficient (Wildman–Crippen LogP) is 3.96. The minimum Gasteiger partial charge on any atom is -0.447 e. The highest BCUT2D eigenvalue weighted by Crippen LogP contribution is 2.37. The number of ether oxygens (including phenoxy) is 1. The molecule has 1 aliphatic rings. The fourth-order valence-electron chi connectivity index (χ4n) is 3.02. The van der Waals surface area contributed by atoms with Gasteiger partial charge in [0.25, 0.3) is 0 Å². The van der Waals surface area contributed by atoms with E-state index in [0.717, 1.165) is 35.3 Å². The molecule has 3 rings (SSSR count). The van der Waals surface area contributed by atoms with Gasteiger partial charge in [0.05, 0.1) is 17.5 Å². The van der Waals surface area contributed by atoms with E-state index in [1.807, 2.05) is 30.3 Å². The first-order chi connectivity index (χ1) is 12.0. The lowest BCUT2D eigenvalue weighted by atomic mass is 10.0. The number of primary amides is 1. The van der Waals surface area contributed by atoms with Crippen LogP contribution in [0.4, 0.5) is 26.7 Å². The van der Waals surface area contributed by atoms with Gasteiger partial charge in [-0.2, -0.15) is 0 Å². The Morgan fingerprint density at radius 2 is 1.76 bits per heavy atom. The van der Waals surface area contributed by atoms with Crippen LogP contribution in [0.25, 0.3) is 0 Å². The van der Waals surface area contributed by atoms with Crippen molar-refractivity contribution in [3.63, 3.8) is 0 Å². The Morgan fingerprint density at radius 1 is 1.08 bits per heavy atom. The zero-order chi connectivity index (χ0) is 18.0. The Kier molecular flexibility index (Phi) is 4.61.